The first-order valence-corrected chi connectivity index (χ1v) is 6.95. The van der Waals surface area contributed by atoms with Crippen LogP contribution in [0.25, 0.3) is 0 Å². The van der Waals surface area contributed by atoms with Gasteiger partial charge in [-0.3, -0.25) is 10.1 Å². The summed E-state index contributed by atoms with van der Waals surface area (Å²) in [4.78, 5) is 10.1. The molecule has 1 atom stereocenters. The molecule has 8 heteroatoms. The number of hydrogen-bond donors (Lipinski definition) is 2. The maximum absolute atomic E-state index is 13.5. The summed E-state index contributed by atoms with van der Waals surface area (Å²) in [6.07, 6.45) is -0.998. The monoisotopic (exact) mass is 333 g/mol. The normalized spacial score (nSPS) is 11.6. The Labute approximate surface area is 136 Å². The van der Waals surface area contributed by atoms with Crippen molar-refractivity contribution in [2.45, 2.75) is 12.5 Å². The van der Waals surface area contributed by atoms with Gasteiger partial charge in [-0.25, -0.2) is 8.78 Å². The van der Waals surface area contributed by atoms with Crippen molar-refractivity contribution in [2.24, 2.45) is 0 Å². The van der Waals surface area contributed by atoms with Gasteiger partial charge in [0.15, 0.2) is 0 Å². The van der Waals surface area contributed by atoms with Gasteiger partial charge in [-0.15, -0.1) is 0 Å². The van der Waals surface area contributed by atoms with E-state index in [1.807, 2.05) is 0 Å². The molecule has 0 bridgehead atoms. The first-order chi connectivity index (χ1) is 11.4. The number of nitrogens with zero attached hydrogens (tertiary/aromatic N) is 2. The van der Waals surface area contributed by atoms with E-state index in [1.54, 1.807) is 6.07 Å². The molecule has 24 heavy (non-hydrogen) atoms. The van der Waals surface area contributed by atoms with E-state index in [2.05, 4.69) is 5.32 Å². The summed E-state index contributed by atoms with van der Waals surface area (Å²) in [5.41, 5.74) is 0.170. The molecule has 0 radical (unpaired) electrons. The van der Waals surface area contributed by atoms with Crippen LogP contribution in [-0.4, -0.2) is 22.7 Å². The second-order valence-corrected chi connectivity index (χ2v) is 5.08. The molecule has 0 aromatic heterocycles. The SMILES string of the molecule is N#Cc1cc(NC[C@H](O)Cc2ccc(F)cc2F)ccc1[N+](=O)[O-]. The van der Waals surface area contributed by atoms with Crippen LogP contribution in [-0.2, 0) is 6.42 Å². The Morgan fingerprint density at radius 3 is 2.67 bits per heavy atom. The standard InChI is InChI=1S/C16H13F2N3O3/c17-12-2-1-10(15(18)7-12)6-14(22)9-20-13-3-4-16(21(23)24)11(5-13)8-19/h1-5,7,14,20,22H,6,9H2/t14-/m1/s1. The minimum Gasteiger partial charge on any atom is -0.391 e. The number of nitro benzene ring substituents is 1. The van der Waals surface area contributed by atoms with Gasteiger partial charge in [-0.2, -0.15) is 5.26 Å². The lowest BCUT2D eigenvalue weighted by atomic mass is 10.1. The lowest BCUT2D eigenvalue weighted by molar-refractivity contribution is -0.385. The molecule has 0 spiro atoms. The van der Waals surface area contributed by atoms with E-state index in [0.717, 1.165) is 12.1 Å². The molecule has 0 aliphatic rings. The fourth-order valence-electron chi connectivity index (χ4n) is 2.14. The fraction of sp³-hybridized carbons (Fsp3) is 0.188. The highest BCUT2D eigenvalue weighted by Gasteiger charge is 2.15. The van der Waals surface area contributed by atoms with Gasteiger partial charge in [0.05, 0.1) is 11.0 Å². The molecule has 0 heterocycles. The number of benzene rings is 2. The predicted octanol–water partition coefficient (Wildman–Crippen LogP) is 2.76. The summed E-state index contributed by atoms with van der Waals surface area (Å²) < 4.78 is 26.3. The van der Waals surface area contributed by atoms with Crippen molar-refractivity contribution >= 4 is 11.4 Å². The van der Waals surface area contributed by atoms with Crippen molar-refractivity contribution in [3.63, 3.8) is 0 Å². The average molecular weight is 333 g/mol. The van der Waals surface area contributed by atoms with Crippen LogP contribution in [0.1, 0.15) is 11.1 Å². The Bertz CT molecular complexity index is 806. The van der Waals surface area contributed by atoms with Crippen molar-refractivity contribution < 1.29 is 18.8 Å². The maximum atomic E-state index is 13.5. The van der Waals surface area contributed by atoms with Crippen molar-refractivity contribution in [1.29, 1.82) is 5.26 Å². The van der Waals surface area contributed by atoms with E-state index >= 15 is 0 Å². The number of halogens is 2. The Balaban J connectivity index is 2.00. The fourth-order valence-corrected chi connectivity index (χ4v) is 2.14. The zero-order chi connectivity index (χ0) is 17.7. The molecule has 124 valence electrons. The number of rotatable bonds is 6. The molecule has 0 saturated carbocycles. The number of nitro groups is 1. The van der Waals surface area contributed by atoms with E-state index < -0.39 is 22.7 Å². The van der Waals surface area contributed by atoms with Crippen LogP contribution in [0.15, 0.2) is 36.4 Å². The highest BCUT2D eigenvalue weighted by atomic mass is 19.1. The number of hydrogen-bond acceptors (Lipinski definition) is 5. The lowest BCUT2D eigenvalue weighted by Crippen LogP contribution is -2.22. The number of nitriles is 1. The molecule has 2 rings (SSSR count). The smallest absolute Gasteiger partial charge is 0.287 e. The first-order valence-electron chi connectivity index (χ1n) is 6.95. The second kappa shape index (κ2) is 7.48. The van der Waals surface area contributed by atoms with Crippen LogP contribution in [0, 0.1) is 33.1 Å². The summed E-state index contributed by atoms with van der Waals surface area (Å²) in [5.74, 6) is -1.44. The van der Waals surface area contributed by atoms with Gasteiger partial charge in [-0.05, 0) is 23.8 Å². The molecule has 0 amide bonds. The predicted molar refractivity (Wildman–Crippen MR) is 82.4 cm³/mol. The van der Waals surface area contributed by atoms with Crippen LogP contribution in [0.2, 0.25) is 0 Å². The summed E-state index contributed by atoms with van der Waals surface area (Å²) >= 11 is 0. The van der Waals surface area contributed by atoms with Gasteiger partial charge in [0.1, 0.15) is 23.3 Å². The van der Waals surface area contributed by atoms with Crippen LogP contribution in [0.3, 0.4) is 0 Å². The van der Waals surface area contributed by atoms with Crippen LogP contribution in [0.5, 0.6) is 0 Å². The topological polar surface area (TPSA) is 99.2 Å². The van der Waals surface area contributed by atoms with Crippen molar-refractivity contribution in [2.75, 3.05) is 11.9 Å². The molecule has 2 N–H and O–H groups in total. The van der Waals surface area contributed by atoms with Crippen LogP contribution < -0.4 is 5.32 Å². The summed E-state index contributed by atoms with van der Waals surface area (Å²) in [7, 11) is 0. The van der Waals surface area contributed by atoms with E-state index in [9.17, 15) is 24.0 Å². The maximum Gasteiger partial charge on any atom is 0.287 e. The third-order valence-electron chi connectivity index (χ3n) is 3.33. The van der Waals surface area contributed by atoms with Crippen LogP contribution >= 0.6 is 0 Å². The van der Waals surface area contributed by atoms with Gasteiger partial charge >= 0.3 is 0 Å². The van der Waals surface area contributed by atoms with E-state index in [4.69, 9.17) is 5.26 Å². The average Bonchev–Trinajstić information content (AvgIpc) is 2.55. The Hall–Kier alpha value is -3.05. The van der Waals surface area contributed by atoms with E-state index in [1.165, 1.54) is 24.3 Å². The molecule has 0 saturated heterocycles. The highest BCUT2D eigenvalue weighted by Crippen LogP contribution is 2.22. The number of aliphatic hydroxyl groups is 1. The largest absolute Gasteiger partial charge is 0.391 e. The quantitative estimate of drug-likeness (QED) is 0.625. The molecule has 0 unspecified atom stereocenters. The zero-order valence-corrected chi connectivity index (χ0v) is 12.4. The molecular weight excluding hydrogens is 320 g/mol. The number of nitrogens with one attached hydrogen (secondary N) is 1. The third kappa shape index (κ3) is 4.24. The van der Waals surface area contributed by atoms with E-state index in [-0.39, 0.29) is 29.8 Å². The highest BCUT2D eigenvalue weighted by molar-refractivity contribution is 5.58. The minimum atomic E-state index is -0.967. The molecule has 2 aromatic carbocycles. The molecule has 0 aliphatic carbocycles. The van der Waals surface area contributed by atoms with Crippen molar-refractivity contribution in [1.82, 2.24) is 0 Å². The Kier molecular flexibility index (Phi) is 5.39. The van der Waals surface area contributed by atoms with Crippen molar-refractivity contribution in [3.05, 3.63) is 69.3 Å². The number of aliphatic hydroxyl groups excluding tert-OH is 1. The van der Waals surface area contributed by atoms with Gasteiger partial charge < -0.3 is 10.4 Å². The minimum absolute atomic E-state index is 0.0273. The van der Waals surface area contributed by atoms with Crippen molar-refractivity contribution in [3.8, 4) is 6.07 Å². The summed E-state index contributed by atoms with van der Waals surface area (Å²) in [6.45, 7) is 0.0273. The molecule has 0 fully saturated rings. The molecular formula is C16H13F2N3O3. The summed E-state index contributed by atoms with van der Waals surface area (Å²) in [6, 6.07) is 8.72. The molecule has 0 aliphatic heterocycles. The Morgan fingerprint density at radius 1 is 1.29 bits per heavy atom. The second-order valence-electron chi connectivity index (χ2n) is 5.08. The van der Waals surface area contributed by atoms with Crippen LogP contribution in [0.4, 0.5) is 20.2 Å². The Morgan fingerprint density at radius 2 is 2.04 bits per heavy atom. The third-order valence-corrected chi connectivity index (χ3v) is 3.33. The first kappa shape index (κ1) is 17.3. The van der Waals surface area contributed by atoms with Gasteiger partial charge in [0.25, 0.3) is 5.69 Å². The number of anilines is 1. The lowest BCUT2D eigenvalue weighted by Gasteiger charge is -2.13. The van der Waals surface area contributed by atoms with Gasteiger partial charge in [0, 0.05) is 30.8 Å². The molecule has 2 aromatic rings. The van der Waals surface area contributed by atoms with E-state index in [0.29, 0.717) is 5.69 Å². The molecule has 6 nitrogen and oxygen atoms in total. The van der Waals surface area contributed by atoms with Gasteiger partial charge in [-0.1, -0.05) is 6.07 Å². The van der Waals surface area contributed by atoms with Gasteiger partial charge in [0.2, 0.25) is 0 Å². The zero-order valence-electron chi connectivity index (χ0n) is 12.4. The summed E-state index contributed by atoms with van der Waals surface area (Å²) in [5, 5.41) is 32.4.